The number of hydrogen-bond acceptors (Lipinski definition) is 0. The first-order valence-corrected chi connectivity index (χ1v) is 7.03. The van der Waals surface area contributed by atoms with Crippen molar-refractivity contribution in [2.45, 2.75) is 6.92 Å². The van der Waals surface area contributed by atoms with Gasteiger partial charge in [0.25, 0.3) is 0 Å². The molecule has 0 unspecified atom stereocenters. The third-order valence-corrected chi connectivity index (χ3v) is 4.76. The van der Waals surface area contributed by atoms with Gasteiger partial charge in [-0.05, 0) is 60.3 Å². The molecule has 17 heavy (non-hydrogen) atoms. The molecule has 0 atom stereocenters. The van der Waals surface area contributed by atoms with E-state index in [1.807, 2.05) is 0 Å². The average Bonchev–Trinajstić information content (AvgIpc) is 2.36. The van der Waals surface area contributed by atoms with Crippen molar-refractivity contribution >= 4 is 53.4 Å². The van der Waals surface area contributed by atoms with Crippen molar-refractivity contribution in [3.05, 3.63) is 57.0 Å². The maximum Gasteiger partial charge on any atom is 0.0333 e. The van der Waals surface area contributed by atoms with Gasteiger partial charge < -0.3 is 0 Å². The molecule has 0 nitrogen and oxygen atoms in total. The lowest BCUT2D eigenvalue weighted by Gasteiger charge is -2.10. The van der Waals surface area contributed by atoms with E-state index >= 15 is 0 Å². The summed E-state index contributed by atoms with van der Waals surface area (Å²) < 4.78 is 2.35. The van der Waals surface area contributed by atoms with E-state index in [1.54, 1.807) is 0 Å². The minimum atomic E-state index is 1.17. The lowest BCUT2D eigenvalue weighted by atomic mass is 10.0. The molecule has 3 rings (SSSR count). The monoisotopic (exact) mass is 348 g/mol. The van der Waals surface area contributed by atoms with Crippen LogP contribution in [0.1, 0.15) is 5.56 Å². The summed E-state index contributed by atoms with van der Waals surface area (Å²) in [5.74, 6) is 0. The van der Waals surface area contributed by atoms with E-state index in [0.29, 0.717) is 0 Å². The fourth-order valence-electron chi connectivity index (χ4n) is 2.19. The molecule has 0 N–H and O–H groups in total. The van der Waals surface area contributed by atoms with Crippen LogP contribution in [0.4, 0.5) is 0 Å². The van der Waals surface area contributed by atoms with Crippen LogP contribution in [0, 0.1) is 6.92 Å². The highest BCUT2D eigenvalue weighted by atomic mass is 79.9. The Balaban J connectivity index is 2.63. The molecule has 0 fully saturated rings. The zero-order valence-electron chi connectivity index (χ0n) is 9.30. The van der Waals surface area contributed by atoms with Crippen LogP contribution in [0.15, 0.2) is 51.4 Å². The standard InChI is InChI=1S/C15H10Br2/c1-9-6-7-12-13(8-9)15(17)11-5-3-2-4-10(11)14(12)16/h2-8H,1H3. The lowest BCUT2D eigenvalue weighted by molar-refractivity contribution is 1.50. The third kappa shape index (κ3) is 1.71. The van der Waals surface area contributed by atoms with Gasteiger partial charge in [0.1, 0.15) is 0 Å². The summed E-state index contributed by atoms with van der Waals surface area (Å²) in [6.07, 6.45) is 0. The van der Waals surface area contributed by atoms with Gasteiger partial charge in [0.05, 0.1) is 0 Å². The van der Waals surface area contributed by atoms with Gasteiger partial charge in [-0.2, -0.15) is 0 Å². The van der Waals surface area contributed by atoms with Gasteiger partial charge in [0.15, 0.2) is 0 Å². The largest absolute Gasteiger partial charge is 0.0616 e. The summed E-state index contributed by atoms with van der Waals surface area (Å²) in [6, 6.07) is 15.0. The van der Waals surface area contributed by atoms with E-state index in [4.69, 9.17) is 0 Å². The van der Waals surface area contributed by atoms with Crippen molar-refractivity contribution in [1.82, 2.24) is 0 Å². The van der Waals surface area contributed by atoms with Crippen molar-refractivity contribution in [2.24, 2.45) is 0 Å². The summed E-state index contributed by atoms with van der Waals surface area (Å²) >= 11 is 7.45. The van der Waals surface area contributed by atoms with Crippen molar-refractivity contribution in [3.8, 4) is 0 Å². The molecule has 84 valence electrons. The SMILES string of the molecule is Cc1ccc2c(Br)c3ccccc3c(Br)c2c1. The summed E-state index contributed by atoms with van der Waals surface area (Å²) in [7, 11) is 0. The van der Waals surface area contributed by atoms with Crippen LogP contribution in [-0.4, -0.2) is 0 Å². The normalized spacial score (nSPS) is 11.2. The second kappa shape index (κ2) is 4.11. The molecule has 0 saturated carbocycles. The van der Waals surface area contributed by atoms with Crippen LogP contribution in [0.25, 0.3) is 21.5 Å². The molecule has 0 aliphatic rings. The quantitative estimate of drug-likeness (QED) is 0.448. The highest BCUT2D eigenvalue weighted by Crippen LogP contribution is 2.39. The number of aryl methyl sites for hydroxylation is 1. The van der Waals surface area contributed by atoms with E-state index in [2.05, 4.69) is 81.2 Å². The Kier molecular flexibility index (Phi) is 2.72. The zero-order valence-corrected chi connectivity index (χ0v) is 12.5. The number of fused-ring (bicyclic) bond motifs is 2. The van der Waals surface area contributed by atoms with Gasteiger partial charge in [-0.1, -0.05) is 48.0 Å². The van der Waals surface area contributed by atoms with Crippen LogP contribution in [0.2, 0.25) is 0 Å². The number of benzene rings is 3. The van der Waals surface area contributed by atoms with Crippen LogP contribution in [0.5, 0.6) is 0 Å². The van der Waals surface area contributed by atoms with E-state index in [0.717, 1.165) is 0 Å². The van der Waals surface area contributed by atoms with Gasteiger partial charge in [-0.15, -0.1) is 0 Å². The predicted octanol–water partition coefficient (Wildman–Crippen LogP) is 5.83. The average molecular weight is 350 g/mol. The molecule has 0 bridgehead atoms. The molecule has 3 aromatic rings. The van der Waals surface area contributed by atoms with Gasteiger partial charge in [-0.25, -0.2) is 0 Å². The number of halogens is 2. The summed E-state index contributed by atoms with van der Waals surface area (Å²) in [6.45, 7) is 2.12. The number of rotatable bonds is 0. The molecule has 0 saturated heterocycles. The van der Waals surface area contributed by atoms with Gasteiger partial charge in [0.2, 0.25) is 0 Å². The molecular weight excluding hydrogens is 340 g/mol. The summed E-state index contributed by atoms with van der Waals surface area (Å²) in [5, 5.41) is 5.00. The van der Waals surface area contributed by atoms with Crippen LogP contribution in [-0.2, 0) is 0 Å². The molecule has 0 heterocycles. The topological polar surface area (TPSA) is 0 Å². The first-order chi connectivity index (χ1) is 8.18. The molecule has 0 spiro atoms. The van der Waals surface area contributed by atoms with Gasteiger partial charge in [-0.3, -0.25) is 0 Å². The van der Waals surface area contributed by atoms with E-state index in [1.165, 1.54) is 36.1 Å². The Morgan fingerprint density at radius 3 is 1.88 bits per heavy atom. The van der Waals surface area contributed by atoms with Crippen LogP contribution in [0.3, 0.4) is 0 Å². The lowest BCUT2D eigenvalue weighted by Crippen LogP contribution is -1.83. The fraction of sp³-hybridized carbons (Fsp3) is 0.0667. The Morgan fingerprint density at radius 2 is 1.24 bits per heavy atom. The van der Waals surface area contributed by atoms with E-state index in [9.17, 15) is 0 Å². The first kappa shape index (κ1) is 11.2. The summed E-state index contributed by atoms with van der Waals surface area (Å²) in [5.41, 5.74) is 1.28. The highest BCUT2D eigenvalue weighted by molar-refractivity contribution is 9.11. The van der Waals surface area contributed by atoms with Gasteiger partial charge in [0, 0.05) is 8.95 Å². The molecular formula is C15H10Br2. The second-order valence-corrected chi connectivity index (χ2v) is 5.81. The van der Waals surface area contributed by atoms with Gasteiger partial charge >= 0.3 is 0 Å². The molecule has 0 aromatic heterocycles. The van der Waals surface area contributed by atoms with Crippen molar-refractivity contribution in [2.75, 3.05) is 0 Å². The Labute approximate surface area is 117 Å². The Bertz CT molecular complexity index is 730. The first-order valence-electron chi connectivity index (χ1n) is 5.44. The predicted molar refractivity (Wildman–Crippen MR) is 81.6 cm³/mol. The highest BCUT2D eigenvalue weighted by Gasteiger charge is 2.09. The minimum Gasteiger partial charge on any atom is -0.0616 e. The van der Waals surface area contributed by atoms with Crippen molar-refractivity contribution < 1.29 is 0 Å². The molecule has 0 amide bonds. The Morgan fingerprint density at radius 1 is 0.706 bits per heavy atom. The zero-order chi connectivity index (χ0) is 12.0. The minimum absolute atomic E-state index is 1.17. The molecule has 0 radical (unpaired) electrons. The van der Waals surface area contributed by atoms with Crippen LogP contribution >= 0.6 is 31.9 Å². The summed E-state index contributed by atoms with van der Waals surface area (Å²) in [4.78, 5) is 0. The Hall–Kier alpha value is -0.860. The molecule has 0 aliphatic carbocycles. The molecule has 0 aliphatic heterocycles. The number of hydrogen-bond donors (Lipinski definition) is 0. The maximum absolute atomic E-state index is 3.73. The molecule has 3 aromatic carbocycles. The van der Waals surface area contributed by atoms with E-state index < -0.39 is 0 Å². The van der Waals surface area contributed by atoms with E-state index in [-0.39, 0.29) is 0 Å². The smallest absolute Gasteiger partial charge is 0.0333 e. The maximum atomic E-state index is 3.73. The fourth-order valence-corrected chi connectivity index (χ4v) is 3.55. The van der Waals surface area contributed by atoms with Crippen LogP contribution < -0.4 is 0 Å². The molecule has 2 heteroatoms. The second-order valence-electron chi connectivity index (χ2n) is 4.22. The van der Waals surface area contributed by atoms with Crippen molar-refractivity contribution in [1.29, 1.82) is 0 Å². The van der Waals surface area contributed by atoms with Crippen molar-refractivity contribution in [3.63, 3.8) is 0 Å². The third-order valence-electron chi connectivity index (χ3n) is 3.05.